The number of ether oxygens (including phenoxy) is 2. The van der Waals surface area contributed by atoms with E-state index in [0.29, 0.717) is 42.5 Å². The van der Waals surface area contributed by atoms with Gasteiger partial charge < -0.3 is 18.8 Å². The van der Waals surface area contributed by atoms with Crippen molar-refractivity contribution in [2.24, 2.45) is 0 Å². The Morgan fingerprint density at radius 2 is 1.88 bits per heavy atom. The van der Waals surface area contributed by atoms with Crippen LogP contribution in [0.4, 0.5) is 16.0 Å². The molecule has 2 aliphatic heterocycles. The van der Waals surface area contributed by atoms with Crippen LogP contribution < -0.4 is 19.4 Å². The van der Waals surface area contributed by atoms with Crippen molar-refractivity contribution in [1.82, 2.24) is 0 Å². The van der Waals surface area contributed by atoms with Gasteiger partial charge in [-0.1, -0.05) is 6.58 Å². The fourth-order valence-corrected chi connectivity index (χ4v) is 5.66. The Labute approximate surface area is 187 Å². The fraction of sp³-hybridized carbons (Fsp3) is 0.286. The van der Waals surface area contributed by atoms with Crippen molar-refractivity contribution < 1.29 is 26.7 Å². The molecule has 2 aliphatic rings. The lowest BCUT2D eigenvalue weighted by Crippen LogP contribution is -2.36. The number of halogens is 1. The topological polar surface area (TPSA) is 89.3 Å². The fourth-order valence-electron chi connectivity index (χ4n) is 3.83. The maximum atomic E-state index is 15.1. The van der Waals surface area contributed by atoms with E-state index in [1.54, 1.807) is 5.38 Å². The van der Waals surface area contributed by atoms with Gasteiger partial charge in [-0.25, -0.2) is 12.8 Å². The molecule has 32 heavy (non-hydrogen) atoms. The van der Waals surface area contributed by atoms with Crippen LogP contribution in [-0.4, -0.2) is 47.9 Å². The van der Waals surface area contributed by atoms with Gasteiger partial charge in [0.05, 0.1) is 25.4 Å². The minimum absolute atomic E-state index is 0.0765. The van der Waals surface area contributed by atoms with Crippen molar-refractivity contribution in [3.8, 4) is 16.9 Å². The number of anilines is 2. The van der Waals surface area contributed by atoms with Gasteiger partial charge >= 0.3 is 0 Å². The number of nitrogens with zero attached hydrogens (tertiary/aromatic N) is 2. The van der Waals surface area contributed by atoms with E-state index in [0.717, 1.165) is 27.1 Å². The van der Waals surface area contributed by atoms with Gasteiger partial charge in [0.25, 0.3) is 10.0 Å². The Kier molecular flexibility index (Phi) is 5.19. The van der Waals surface area contributed by atoms with Crippen molar-refractivity contribution in [2.75, 3.05) is 48.7 Å². The second-order valence-electron chi connectivity index (χ2n) is 7.29. The molecule has 5 rings (SSSR count). The van der Waals surface area contributed by atoms with E-state index >= 15 is 4.39 Å². The Balaban J connectivity index is 1.67. The highest BCUT2D eigenvalue weighted by atomic mass is 32.2. The predicted molar refractivity (Wildman–Crippen MR) is 121 cm³/mol. The molecule has 0 amide bonds. The van der Waals surface area contributed by atoms with E-state index in [1.165, 1.54) is 12.1 Å². The standard InChI is InChI=1S/C21H19FN2O6S2/c1-2-32(26,27)24-5-8-29-18-10-15(22)13(9-16(18)24)14-12-31-21-17(25)11-19(30-20(14)21)23-3-6-28-7-4-23/h2,9-12H,1,3-8H2. The first-order valence-electron chi connectivity index (χ1n) is 9.89. The van der Waals surface area contributed by atoms with Crippen molar-refractivity contribution in [2.45, 2.75) is 0 Å². The summed E-state index contributed by atoms with van der Waals surface area (Å²) in [6, 6.07) is 4.00. The Hall–Kier alpha value is -2.89. The maximum Gasteiger partial charge on any atom is 0.257 e. The van der Waals surface area contributed by atoms with Gasteiger partial charge in [-0.3, -0.25) is 9.10 Å². The van der Waals surface area contributed by atoms with Crippen LogP contribution in [0.5, 0.6) is 5.75 Å². The summed E-state index contributed by atoms with van der Waals surface area (Å²) in [5.41, 5.74) is 0.740. The molecule has 0 bridgehead atoms. The molecule has 0 saturated carbocycles. The highest BCUT2D eigenvalue weighted by Gasteiger charge is 2.29. The molecule has 1 aromatic carbocycles. The second kappa shape index (κ2) is 7.91. The van der Waals surface area contributed by atoms with Crippen LogP contribution in [0.25, 0.3) is 21.4 Å². The summed E-state index contributed by atoms with van der Waals surface area (Å²) in [6.07, 6.45) is 0. The third-order valence-electron chi connectivity index (χ3n) is 5.43. The summed E-state index contributed by atoms with van der Waals surface area (Å²) in [7, 11) is -3.80. The summed E-state index contributed by atoms with van der Waals surface area (Å²) < 4.78 is 58.4. The zero-order chi connectivity index (χ0) is 22.5. The normalized spacial score (nSPS) is 16.7. The quantitative estimate of drug-likeness (QED) is 0.569. The molecular weight excluding hydrogens is 459 g/mol. The first-order chi connectivity index (χ1) is 15.4. The molecule has 2 aromatic heterocycles. The zero-order valence-electron chi connectivity index (χ0n) is 16.9. The molecule has 0 spiro atoms. The number of hydrogen-bond donors (Lipinski definition) is 0. The second-order valence-corrected chi connectivity index (χ2v) is 9.97. The first-order valence-corrected chi connectivity index (χ1v) is 12.3. The molecule has 1 fully saturated rings. The van der Waals surface area contributed by atoms with Gasteiger partial charge in [-0.15, -0.1) is 11.3 Å². The van der Waals surface area contributed by atoms with Crippen molar-refractivity contribution in [1.29, 1.82) is 0 Å². The Bertz CT molecular complexity index is 1370. The molecule has 0 unspecified atom stereocenters. The molecule has 1 saturated heterocycles. The van der Waals surface area contributed by atoms with Gasteiger partial charge in [0.2, 0.25) is 5.43 Å². The van der Waals surface area contributed by atoms with Gasteiger partial charge in [-0.2, -0.15) is 0 Å². The lowest BCUT2D eigenvalue weighted by atomic mass is 10.1. The van der Waals surface area contributed by atoms with Crippen molar-refractivity contribution in [3.05, 3.63) is 51.6 Å². The van der Waals surface area contributed by atoms with Crippen molar-refractivity contribution >= 4 is 43.2 Å². The summed E-state index contributed by atoms with van der Waals surface area (Å²) >= 11 is 1.15. The molecule has 0 N–H and O–H groups in total. The number of fused-ring (bicyclic) bond motifs is 2. The van der Waals surface area contributed by atoms with Gasteiger partial charge in [0.1, 0.15) is 22.9 Å². The lowest BCUT2D eigenvalue weighted by Gasteiger charge is -2.30. The molecule has 11 heteroatoms. The molecule has 8 nitrogen and oxygen atoms in total. The van der Waals surface area contributed by atoms with E-state index in [9.17, 15) is 13.2 Å². The van der Waals surface area contributed by atoms with Crippen LogP contribution in [0, 0.1) is 5.82 Å². The first kappa shape index (κ1) is 21.0. The van der Waals surface area contributed by atoms with E-state index < -0.39 is 15.8 Å². The molecule has 0 atom stereocenters. The highest BCUT2D eigenvalue weighted by Crippen LogP contribution is 2.42. The van der Waals surface area contributed by atoms with E-state index in [4.69, 9.17) is 13.9 Å². The van der Waals surface area contributed by atoms with E-state index in [1.807, 2.05) is 4.90 Å². The van der Waals surface area contributed by atoms with Crippen molar-refractivity contribution in [3.63, 3.8) is 0 Å². The number of rotatable bonds is 4. The average Bonchev–Trinajstić information content (AvgIpc) is 3.23. The third-order valence-corrected chi connectivity index (χ3v) is 7.82. The molecule has 3 aromatic rings. The summed E-state index contributed by atoms with van der Waals surface area (Å²) in [5, 5.41) is 2.48. The minimum atomic E-state index is -3.80. The summed E-state index contributed by atoms with van der Waals surface area (Å²) in [5.74, 6) is -0.0957. The van der Waals surface area contributed by atoms with E-state index in [-0.39, 0.29) is 41.2 Å². The number of sulfonamides is 1. The number of benzene rings is 1. The van der Waals surface area contributed by atoms with E-state index in [2.05, 4.69) is 6.58 Å². The maximum absolute atomic E-state index is 15.1. The zero-order valence-corrected chi connectivity index (χ0v) is 18.5. The average molecular weight is 479 g/mol. The van der Waals surface area contributed by atoms with Crippen LogP contribution >= 0.6 is 11.3 Å². The third kappa shape index (κ3) is 3.46. The smallest absolute Gasteiger partial charge is 0.257 e. The SMILES string of the molecule is C=CS(=O)(=O)N1CCOc2cc(F)c(-c3csc4c(=O)cc(N5CCOCC5)oc34)cc21. The number of morpholine rings is 1. The van der Waals surface area contributed by atoms with Gasteiger partial charge in [0.15, 0.2) is 11.5 Å². The van der Waals surface area contributed by atoms with Crippen LogP contribution in [0.3, 0.4) is 0 Å². The molecule has 0 radical (unpaired) electrons. The predicted octanol–water partition coefficient (Wildman–Crippen LogP) is 3.17. The summed E-state index contributed by atoms with van der Waals surface area (Å²) in [4.78, 5) is 14.6. The van der Waals surface area contributed by atoms with Crippen LogP contribution in [0.1, 0.15) is 0 Å². The largest absolute Gasteiger partial charge is 0.489 e. The molecule has 0 aliphatic carbocycles. The van der Waals surface area contributed by atoms with Crippen LogP contribution in [-0.2, 0) is 14.8 Å². The van der Waals surface area contributed by atoms with Crippen LogP contribution in [0.2, 0.25) is 0 Å². The highest BCUT2D eigenvalue weighted by molar-refractivity contribution is 7.95. The van der Waals surface area contributed by atoms with Gasteiger partial charge in [-0.05, 0) is 6.07 Å². The molecule has 168 valence electrons. The van der Waals surface area contributed by atoms with Gasteiger partial charge in [0, 0.05) is 47.1 Å². The minimum Gasteiger partial charge on any atom is -0.489 e. The lowest BCUT2D eigenvalue weighted by molar-refractivity contribution is 0.121. The molecular formula is C21H19FN2O6S2. The Morgan fingerprint density at radius 3 is 2.62 bits per heavy atom. The van der Waals surface area contributed by atoms with Crippen LogP contribution in [0.15, 0.2) is 44.8 Å². The summed E-state index contributed by atoms with van der Waals surface area (Å²) in [6.45, 7) is 5.73. The Morgan fingerprint density at radius 1 is 1.09 bits per heavy atom. The number of thiophene rings is 1. The molecule has 4 heterocycles. The number of hydrogen-bond acceptors (Lipinski definition) is 8. The monoisotopic (exact) mass is 478 g/mol.